The molecule has 2 bridgehead atoms. The normalized spacial score (nSPS) is 28.9. The molecule has 5 unspecified atom stereocenters. The van der Waals surface area contributed by atoms with E-state index in [0.29, 0.717) is 23.7 Å². The van der Waals surface area contributed by atoms with Crippen molar-refractivity contribution in [2.24, 2.45) is 5.92 Å². The fourth-order valence-corrected chi connectivity index (χ4v) is 4.93. The summed E-state index contributed by atoms with van der Waals surface area (Å²) in [5.41, 5.74) is 6.45. The number of amides is 1. The Morgan fingerprint density at radius 2 is 1.93 bits per heavy atom. The Hall–Kier alpha value is -2.70. The van der Waals surface area contributed by atoms with Crippen LogP contribution < -0.4 is 10.7 Å². The minimum Gasteiger partial charge on any atom is -0.347 e. The summed E-state index contributed by atoms with van der Waals surface area (Å²) in [7, 11) is 0. The largest absolute Gasteiger partial charge is 0.347 e. The quantitative estimate of drug-likeness (QED) is 0.642. The third-order valence-corrected chi connectivity index (χ3v) is 6.46. The monoisotopic (exact) mass is 389 g/mol. The highest BCUT2D eigenvalue weighted by Gasteiger charge is 2.40. The van der Waals surface area contributed by atoms with Gasteiger partial charge in [0.2, 0.25) is 0 Å². The Balaban J connectivity index is 1.25. The maximum atomic E-state index is 12.9. The molecule has 5 atom stereocenters. The van der Waals surface area contributed by atoms with Crippen molar-refractivity contribution in [1.82, 2.24) is 25.9 Å². The predicted molar refractivity (Wildman–Crippen MR) is 113 cm³/mol. The Bertz CT molecular complexity index is 985. The van der Waals surface area contributed by atoms with Crippen LogP contribution in [0.1, 0.15) is 35.8 Å². The van der Waals surface area contributed by atoms with E-state index in [2.05, 4.69) is 63.2 Å². The lowest BCUT2D eigenvalue weighted by Gasteiger charge is -2.50. The third-order valence-electron chi connectivity index (χ3n) is 6.46. The number of aromatic nitrogens is 2. The van der Waals surface area contributed by atoms with E-state index in [1.54, 1.807) is 0 Å². The van der Waals surface area contributed by atoms with Gasteiger partial charge in [0, 0.05) is 30.1 Å². The fourth-order valence-electron chi connectivity index (χ4n) is 4.93. The SMILES string of the molecule is CC1C2CC(NC(=O)c3n[nH]c4ccccc34)CN1NC(Cc1ccccc1)C2. The van der Waals surface area contributed by atoms with Crippen LogP contribution in [0.25, 0.3) is 10.9 Å². The molecule has 2 aliphatic rings. The second-order valence-corrected chi connectivity index (χ2v) is 8.43. The summed E-state index contributed by atoms with van der Waals surface area (Å²) < 4.78 is 0. The first kappa shape index (κ1) is 18.3. The highest BCUT2D eigenvalue weighted by Crippen LogP contribution is 2.32. The molecule has 6 heteroatoms. The van der Waals surface area contributed by atoms with E-state index in [9.17, 15) is 4.79 Å². The number of benzene rings is 2. The van der Waals surface area contributed by atoms with Crippen LogP contribution in [-0.4, -0.2) is 45.8 Å². The van der Waals surface area contributed by atoms with Gasteiger partial charge in [-0.15, -0.1) is 0 Å². The Labute approximate surface area is 170 Å². The van der Waals surface area contributed by atoms with Gasteiger partial charge in [-0.3, -0.25) is 15.3 Å². The van der Waals surface area contributed by atoms with Crippen LogP contribution in [0.2, 0.25) is 0 Å². The molecule has 3 N–H and O–H groups in total. The van der Waals surface area contributed by atoms with Gasteiger partial charge in [-0.1, -0.05) is 48.5 Å². The number of hydrazine groups is 1. The first-order chi connectivity index (χ1) is 14.2. The molecule has 1 aromatic heterocycles. The van der Waals surface area contributed by atoms with Crippen LogP contribution in [0.3, 0.4) is 0 Å². The molecule has 29 heavy (non-hydrogen) atoms. The number of hydrogen-bond donors (Lipinski definition) is 3. The molecule has 0 aliphatic carbocycles. The molecule has 2 aliphatic heterocycles. The summed E-state index contributed by atoms with van der Waals surface area (Å²) >= 11 is 0. The highest BCUT2D eigenvalue weighted by molar-refractivity contribution is 6.04. The summed E-state index contributed by atoms with van der Waals surface area (Å²) in [5, 5.41) is 13.6. The van der Waals surface area contributed by atoms with Gasteiger partial charge in [0.05, 0.1) is 5.52 Å². The van der Waals surface area contributed by atoms with Gasteiger partial charge in [-0.2, -0.15) is 5.10 Å². The molecule has 3 heterocycles. The van der Waals surface area contributed by atoms with Gasteiger partial charge < -0.3 is 5.32 Å². The summed E-state index contributed by atoms with van der Waals surface area (Å²) in [6.45, 7) is 3.10. The lowest BCUT2D eigenvalue weighted by molar-refractivity contribution is -0.0271. The van der Waals surface area contributed by atoms with Crippen molar-refractivity contribution >= 4 is 16.8 Å². The molecule has 6 nitrogen and oxygen atoms in total. The van der Waals surface area contributed by atoms with Crippen molar-refractivity contribution in [1.29, 1.82) is 0 Å². The molecule has 0 spiro atoms. The Kier molecular flexibility index (Phi) is 4.81. The van der Waals surface area contributed by atoms with Crippen LogP contribution in [0, 0.1) is 5.92 Å². The van der Waals surface area contributed by atoms with Gasteiger partial charge >= 0.3 is 0 Å². The number of H-pyrrole nitrogens is 1. The van der Waals surface area contributed by atoms with Crippen molar-refractivity contribution in [3.05, 3.63) is 65.9 Å². The number of aromatic amines is 1. The molecule has 0 saturated carbocycles. The number of hydrogen-bond acceptors (Lipinski definition) is 4. The molecule has 5 rings (SSSR count). The van der Waals surface area contributed by atoms with Gasteiger partial charge in [0.25, 0.3) is 5.91 Å². The zero-order valence-electron chi connectivity index (χ0n) is 16.6. The second kappa shape index (κ2) is 7.61. The topological polar surface area (TPSA) is 73.0 Å². The number of piperidine rings is 1. The lowest BCUT2D eigenvalue weighted by atomic mass is 9.80. The number of fused-ring (bicyclic) bond motifs is 3. The van der Waals surface area contributed by atoms with Gasteiger partial charge in [0.1, 0.15) is 0 Å². The number of carbonyl (C=O) groups is 1. The number of nitrogens with one attached hydrogen (secondary N) is 3. The van der Waals surface area contributed by atoms with E-state index in [4.69, 9.17) is 0 Å². The number of carbonyl (C=O) groups excluding carboxylic acids is 1. The number of nitrogens with zero attached hydrogens (tertiary/aromatic N) is 2. The van der Waals surface area contributed by atoms with Crippen molar-refractivity contribution < 1.29 is 4.79 Å². The first-order valence-corrected chi connectivity index (χ1v) is 10.5. The molecule has 3 aromatic rings. The van der Waals surface area contributed by atoms with Crippen LogP contribution in [0.5, 0.6) is 0 Å². The van der Waals surface area contributed by atoms with Crippen molar-refractivity contribution in [3.8, 4) is 0 Å². The molecular formula is C23H27N5O. The summed E-state index contributed by atoms with van der Waals surface area (Å²) in [6.07, 6.45) is 3.18. The summed E-state index contributed by atoms with van der Waals surface area (Å²) in [5.74, 6) is 0.474. The average Bonchev–Trinajstić information content (AvgIpc) is 3.15. The molecule has 0 radical (unpaired) electrons. The van der Waals surface area contributed by atoms with E-state index in [0.717, 1.165) is 36.7 Å². The summed E-state index contributed by atoms with van der Waals surface area (Å²) in [4.78, 5) is 12.9. The van der Waals surface area contributed by atoms with E-state index in [1.807, 2.05) is 24.3 Å². The maximum Gasteiger partial charge on any atom is 0.272 e. The second-order valence-electron chi connectivity index (χ2n) is 8.43. The minimum absolute atomic E-state index is 0.0953. The van der Waals surface area contributed by atoms with Crippen molar-refractivity contribution in [2.45, 2.75) is 44.3 Å². The van der Waals surface area contributed by atoms with E-state index >= 15 is 0 Å². The molecule has 2 saturated heterocycles. The molecule has 2 fully saturated rings. The molecule has 2 aromatic carbocycles. The number of rotatable bonds is 4. The number of para-hydroxylation sites is 1. The zero-order chi connectivity index (χ0) is 19.8. The molecule has 150 valence electrons. The van der Waals surface area contributed by atoms with Gasteiger partial charge in [0.15, 0.2) is 5.69 Å². The maximum absolute atomic E-state index is 12.9. The lowest BCUT2D eigenvalue weighted by Crippen LogP contribution is -2.65. The van der Waals surface area contributed by atoms with Crippen molar-refractivity contribution in [2.75, 3.05) is 6.54 Å². The fraction of sp³-hybridized carbons (Fsp3) is 0.391. The highest BCUT2D eigenvalue weighted by atomic mass is 16.2. The zero-order valence-corrected chi connectivity index (χ0v) is 16.6. The van der Waals surface area contributed by atoms with E-state index < -0.39 is 0 Å². The predicted octanol–water partition coefficient (Wildman–Crippen LogP) is 2.89. The molecular weight excluding hydrogens is 362 g/mol. The van der Waals surface area contributed by atoms with Crippen LogP contribution in [0.4, 0.5) is 0 Å². The average molecular weight is 390 g/mol. The summed E-state index contributed by atoms with van der Waals surface area (Å²) in [6, 6.07) is 19.5. The van der Waals surface area contributed by atoms with E-state index in [1.165, 1.54) is 5.56 Å². The van der Waals surface area contributed by atoms with Crippen LogP contribution in [-0.2, 0) is 6.42 Å². The minimum atomic E-state index is -0.0953. The molecule has 1 amide bonds. The first-order valence-electron chi connectivity index (χ1n) is 10.5. The standard InChI is InChI=1S/C23H27N5O/c1-15-17-12-18(11-16-7-3-2-4-8-16)27-28(15)14-19(13-17)24-23(29)22-20-9-5-6-10-21(20)25-26-22/h2-10,15,17-19,27H,11-14H2,1H3,(H,24,29)(H,25,26). The smallest absolute Gasteiger partial charge is 0.272 e. The Morgan fingerprint density at radius 1 is 1.14 bits per heavy atom. The van der Waals surface area contributed by atoms with Gasteiger partial charge in [-0.25, -0.2) is 5.01 Å². The third kappa shape index (κ3) is 3.66. The van der Waals surface area contributed by atoms with Gasteiger partial charge in [-0.05, 0) is 43.7 Å². The van der Waals surface area contributed by atoms with E-state index in [-0.39, 0.29) is 11.9 Å². The Morgan fingerprint density at radius 3 is 2.76 bits per heavy atom. The van der Waals surface area contributed by atoms with Crippen LogP contribution >= 0.6 is 0 Å². The van der Waals surface area contributed by atoms with Crippen LogP contribution in [0.15, 0.2) is 54.6 Å². The van der Waals surface area contributed by atoms with Crippen molar-refractivity contribution in [3.63, 3.8) is 0 Å².